The lowest BCUT2D eigenvalue weighted by molar-refractivity contribution is 0.331. The first-order chi connectivity index (χ1) is 4.60. The van der Waals surface area contributed by atoms with Crippen LogP contribution >= 0.6 is 0 Å². The second-order valence-corrected chi connectivity index (χ2v) is 4.34. The van der Waals surface area contributed by atoms with Gasteiger partial charge in [-0.3, -0.25) is 0 Å². The topological polar surface area (TPSA) is 12.0 Å². The highest BCUT2D eigenvalue weighted by Crippen LogP contribution is 2.25. The molecule has 0 aromatic rings. The van der Waals surface area contributed by atoms with Crippen LogP contribution in [0.4, 0.5) is 0 Å². The SMILES string of the molecule is C[C@@H]1CCCC(C)(C)CN1. The summed E-state index contributed by atoms with van der Waals surface area (Å²) in [6.07, 6.45) is 4.12. The Labute approximate surface area is 64.2 Å². The van der Waals surface area contributed by atoms with Crippen molar-refractivity contribution in [3.05, 3.63) is 0 Å². The van der Waals surface area contributed by atoms with Crippen LogP contribution in [0.2, 0.25) is 0 Å². The molecule has 0 spiro atoms. The molecule has 1 aliphatic heterocycles. The van der Waals surface area contributed by atoms with Crippen LogP contribution < -0.4 is 5.32 Å². The average molecular weight is 141 g/mol. The maximum atomic E-state index is 3.53. The lowest BCUT2D eigenvalue weighted by Gasteiger charge is -2.22. The third kappa shape index (κ3) is 2.30. The summed E-state index contributed by atoms with van der Waals surface area (Å²) in [5, 5.41) is 3.53. The highest BCUT2D eigenvalue weighted by atomic mass is 14.9. The van der Waals surface area contributed by atoms with E-state index in [0.29, 0.717) is 5.41 Å². The van der Waals surface area contributed by atoms with E-state index in [1.165, 1.54) is 25.8 Å². The maximum Gasteiger partial charge on any atom is 0.00389 e. The average Bonchev–Trinajstić information content (AvgIpc) is 1.94. The van der Waals surface area contributed by atoms with Gasteiger partial charge in [0.15, 0.2) is 0 Å². The van der Waals surface area contributed by atoms with E-state index in [4.69, 9.17) is 0 Å². The molecule has 1 atom stereocenters. The second kappa shape index (κ2) is 2.91. The number of nitrogens with one attached hydrogen (secondary N) is 1. The zero-order chi connectivity index (χ0) is 7.61. The smallest absolute Gasteiger partial charge is 0.00389 e. The van der Waals surface area contributed by atoms with E-state index in [1.54, 1.807) is 0 Å². The lowest BCUT2D eigenvalue weighted by atomic mass is 9.88. The quantitative estimate of drug-likeness (QED) is 0.545. The highest BCUT2D eigenvalue weighted by Gasteiger charge is 2.21. The first-order valence-corrected chi connectivity index (χ1v) is 4.33. The number of rotatable bonds is 0. The Morgan fingerprint density at radius 1 is 1.40 bits per heavy atom. The summed E-state index contributed by atoms with van der Waals surface area (Å²) in [6, 6.07) is 0.738. The maximum absolute atomic E-state index is 3.53. The molecule has 1 aliphatic rings. The molecule has 1 N–H and O–H groups in total. The van der Waals surface area contributed by atoms with Gasteiger partial charge in [-0.25, -0.2) is 0 Å². The fourth-order valence-electron chi connectivity index (χ4n) is 1.53. The molecule has 0 unspecified atom stereocenters. The molecule has 0 bridgehead atoms. The minimum Gasteiger partial charge on any atom is -0.314 e. The van der Waals surface area contributed by atoms with Crippen molar-refractivity contribution in [2.75, 3.05) is 6.54 Å². The summed E-state index contributed by atoms with van der Waals surface area (Å²) in [6.45, 7) is 8.16. The summed E-state index contributed by atoms with van der Waals surface area (Å²) < 4.78 is 0. The van der Waals surface area contributed by atoms with Crippen LogP contribution in [0.1, 0.15) is 40.0 Å². The van der Waals surface area contributed by atoms with E-state index in [1.807, 2.05) is 0 Å². The van der Waals surface area contributed by atoms with Gasteiger partial charge in [-0.1, -0.05) is 20.3 Å². The van der Waals surface area contributed by atoms with Crippen molar-refractivity contribution in [1.29, 1.82) is 0 Å². The van der Waals surface area contributed by atoms with Gasteiger partial charge in [0.2, 0.25) is 0 Å². The normalized spacial score (nSPS) is 33.3. The van der Waals surface area contributed by atoms with Crippen LogP contribution in [0.15, 0.2) is 0 Å². The molecule has 0 aliphatic carbocycles. The molecule has 1 saturated heterocycles. The predicted octanol–water partition coefficient (Wildman–Crippen LogP) is 2.17. The summed E-state index contributed by atoms with van der Waals surface area (Å²) in [4.78, 5) is 0. The molecule has 0 aromatic heterocycles. The third-order valence-electron chi connectivity index (χ3n) is 2.42. The van der Waals surface area contributed by atoms with Gasteiger partial charge < -0.3 is 5.32 Å². The van der Waals surface area contributed by atoms with Crippen molar-refractivity contribution in [2.45, 2.75) is 46.1 Å². The molecule has 10 heavy (non-hydrogen) atoms. The van der Waals surface area contributed by atoms with Gasteiger partial charge in [0.1, 0.15) is 0 Å². The van der Waals surface area contributed by atoms with Crippen molar-refractivity contribution in [3.63, 3.8) is 0 Å². The standard InChI is InChI=1S/C9H19N/c1-8-5-4-6-9(2,3)7-10-8/h8,10H,4-7H2,1-3H3/t8-/m1/s1. The molecular weight excluding hydrogens is 122 g/mol. The molecule has 1 heterocycles. The lowest BCUT2D eigenvalue weighted by Crippen LogP contribution is -2.31. The first kappa shape index (κ1) is 8.06. The van der Waals surface area contributed by atoms with Gasteiger partial charge >= 0.3 is 0 Å². The van der Waals surface area contributed by atoms with Crippen LogP contribution in [0.25, 0.3) is 0 Å². The van der Waals surface area contributed by atoms with Crippen LogP contribution in [0.3, 0.4) is 0 Å². The highest BCUT2D eigenvalue weighted by molar-refractivity contribution is 4.78. The summed E-state index contributed by atoms with van der Waals surface area (Å²) in [5.41, 5.74) is 0.532. The molecule has 0 saturated carbocycles. The van der Waals surface area contributed by atoms with E-state index in [9.17, 15) is 0 Å². The van der Waals surface area contributed by atoms with Crippen molar-refractivity contribution >= 4 is 0 Å². The summed E-state index contributed by atoms with van der Waals surface area (Å²) >= 11 is 0. The van der Waals surface area contributed by atoms with Crippen molar-refractivity contribution in [1.82, 2.24) is 5.32 Å². The van der Waals surface area contributed by atoms with Gasteiger partial charge in [-0.05, 0) is 25.2 Å². The Hall–Kier alpha value is -0.0400. The molecule has 60 valence electrons. The molecule has 0 radical (unpaired) electrons. The first-order valence-electron chi connectivity index (χ1n) is 4.33. The van der Waals surface area contributed by atoms with Crippen LogP contribution in [-0.2, 0) is 0 Å². The Kier molecular flexibility index (Phi) is 2.35. The summed E-state index contributed by atoms with van der Waals surface area (Å²) in [7, 11) is 0. The zero-order valence-electron chi connectivity index (χ0n) is 7.41. The minimum atomic E-state index is 0.532. The molecule has 0 amide bonds. The van der Waals surface area contributed by atoms with E-state index in [0.717, 1.165) is 6.04 Å². The Morgan fingerprint density at radius 3 is 2.80 bits per heavy atom. The largest absolute Gasteiger partial charge is 0.314 e. The van der Waals surface area contributed by atoms with Crippen molar-refractivity contribution in [3.8, 4) is 0 Å². The van der Waals surface area contributed by atoms with E-state index in [-0.39, 0.29) is 0 Å². The Bertz CT molecular complexity index is 107. The van der Waals surface area contributed by atoms with Crippen molar-refractivity contribution in [2.24, 2.45) is 5.41 Å². The molecule has 1 rings (SSSR count). The fraction of sp³-hybridized carbons (Fsp3) is 1.00. The minimum absolute atomic E-state index is 0.532. The monoisotopic (exact) mass is 141 g/mol. The van der Waals surface area contributed by atoms with Crippen LogP contribution in [0, 0.1) is 5.41 Å². The number of hydrogen-bond donors (Lipinski definition) is 1. The van der Waals surface area contributed by atoms with E-state index >= 15 is 0 Å². The van der Waals surface area contributed by atoms with Gasteiger partial charge in [-0.2, -0.15) is 0 Å². The molecular formula is C9H19N. The predicted molar refractivity (Wildman–Crippen MR) is 45.1 cm³/mol. The Morgan fingerprint density at radius 2 is 2.10 bits per heavy atom. The van der Waals surface area contributed by atoms with Crippen LogP contribution in [-0.4, -0.2) is 12.6 Å². The van der Waals surface area contributed by atoms with Gasteiger partial charge in [0.25, 0.3) is 0 Å². The van der Waals surface area contributed by atoms with Gasteiger partial charge in [0.05, 0.1) is 0 Å². The second-order valence-electron chi connectivity index (χ2n) is 4.34. The van der Waals surface area contributed by atoms with E-state index in [2.05, 4.69) is 26.1 Å². The third-order valence-corrected chi connectivity index (χ3v) is 2.42. The molecule has 1 heteroatoms. The molecule has 1 nitrogen and oxygen atoms in total. The van der Waals surface area contributed by atoms with Crippen molar-refractivity contribution < 1.29 is 0 Å². The molecule has 0 aromatic carbocycles. The summed E-state index contributed by atoms with van der Waals surface area (Å²) in [5.74, 6) is 0. The molecule has 1 fully saturated rings. The van der Waals surface area contributed by atoms with Crippen LogP contribution in [0.5, 0.6) is 0 Å². The van der Waals surface area contributed by atoms with E-state index < -0.39 is 0 Å². The van der Waals surface area contributed by atoms with Gasteiger partial charge in [-0.15, -0.1) is 0 Å². The Balaban J connectivity index is 2.41. The fourth-order valence-corrected chi connectivity index (χ4v) is 1.53. The van der Waals surface area contributed by atoms with Gasteiger partial charge in [0, 0.05) is 12.6 Å². The zero-order valence-corrected chi connectivity index (χ0v) is 7.41. The number of hydrogen-bond acceptors (Lipinski definition) is 1.